The number of hydrogen-bond donors (Lipinski definition) is 0. The third-order valence-electron chi connectivity index (χ3n) is 4.45. The van der Waals surface area contributed by atoms with Crippen molar-refractivity contribution in [3.63, 3.8) is 0 Å². The average Bonchev–Trinajstić information content (AvgIpc) is 3.31. The highest BCUT2D eigenvalue weighted by Crippen LogP contribution is 2.36. The summed E-state index contributed by atoms with van der Waals surface area (Å²) in [6, 6.07) is 9.76. The van der Waals surface area contributed by atoms with E-state index in [-0.39, 0.29) is 11.9 Å². The molecule has 1 aliphatic heterocycles. The number of tetrazole rings is 1. The van der Waals surface area contributed by atoms with Crippen LogP contribution in [0.15, 0.2) is 42.0 Å². The van der Waals surface area contributed by atoms with Gasteiger partial charge in [-0.1, -0.05) is 13.0 Å². The smallest absolute Gasteiger partial charge is 0.254 e. The highest BCUT2D eigenvalue weighted by molar-refractivity contribution is 7.10. The van der Waals surface area contributed by atoms with Gasteiger partial charge in [-0.05, 0) is 58.5 Å². The Morgan fingerprint density at radius 1 is 1.38 bits per heavy atom. The van der Waals surface area contributed by atoms with E-state index in [9.17, 15) is 4.79 Å². The molecule has 1 atom stereocenters. The molecule has 1 aromatic carbocycles. The summed E-state index contributed by atoms with van der Waals surface area (Å²) in [6.45, 7) is 2.90. The summed E-state index contributed by atoms with van der Waals surface area (Å²) >= 11 is 1.79. The topological polar surface area (TPSA) is 63.9 Å². The van der Waals surface area contributed by atoms with E-state index in [1.807, 2.05) is 29.2 Å². The van der Waals surface area contributed by atoms with Gasteiger partial charge >= 0.3 is 0 Å². The third-order valence-corrected chi connectivity index (χ3v) is 5.45. The fraction of sp³-hybridized carbons (Fsp3) is 0.294. The molecular weight excluding hydrogens is 322 g/mol. The molecule has 2 aromatic heterocycles. The normalized spacial score (nSPS) is 16.9. The first-order chi connectivity index (χ1) is 11.8. The molecular formula is C17H17N5OS. The lowest BCUT2D eigenvalue weighted by atomic mass is 9.97. The molecule has 0 N–H and O–H groups in total. The van der Waals surface area contributed by atoms with Crippen LogP contribution in [0.3, 0.4) is 0 Å². The molecule has 0 spiro atoms. The SMILES string of the molecule is CCC1c2ccsc2CCN1C(=O)c1cccc(-n2cnnn2)c1. The van der Waals surface area contributed by atoms with Crippen molar-refractivity contribution in [2.24, 2.45) is 0 Å². The molecule has 0 saturated heterocycles. The Bertz CT molecular complexity index is 858. The summed E-state index contributed by atoms with van der Waals surface area (Å²) in [7, 11) is 0. The summed E-state index contributed by atoms with van der Waals surface area (Å²) in [5.41, 5.74) is 2.76. The number of hydrogen-bond acceptors (Lipinski definition) is 5. The van der Waals surface area contributed by atoms with Crippen molar-refractivity contribution in [2.45, 2.75) is 25.8 Å². The zero-order chi connectivity index (χ0) is 16.5. The molecule has 6 nitrogen and oxygen atoms in total. The van der Waals surface area contributed by atoms with Crippen molar-refractivity contribution < 1.29 is 4.79 Å². The lowest BCUT2D eigenvalue weighted by Crippen LogP contribution is -2.39. The zero-order valence-corrected chi connectivity index (χ0v) is 14.1. The van der Waals surface area contributed by atoms with Crippen LogP contribution in [-0.2, 0) is 6.42 Å². The second kappa shape index (κ2) is 6.16. The minimum atomic E-state index is 0.0635. The zero-order valence-electron chi connectivity index (χ0n) is 13.3. The number of amides is 1. The van der Waals surface area contributed by atoms with Gasteiger partial charge in [0.25, 0.3) is 5.91 Å². The largest absolute Gasteiger partial charge is 0.331 e. The van der Waals surface area contributed by atoms with Crippen LogP contribution in [-0.4, -0.2) is 37.6 Å². The Morgan fingerprint density at radius 2 is 2.29 bits per heavy atom. The highest BCUT2D eigenvalue weighted by atomic mass is 32.1. The van der Waals surface area contributed by atoms with Crippen LogP contribution >= 0.6 is 11.3 Å². The fourth-order valence-electron chi connectivity index (χ4n) is 3.31. The molecule has 0 fully saturated rings. The van der Waals surface area contributed by atoms with Crippen LogP contribution in [0, 0.1) is 0 Å². The summed E-state index contributed by atoms with van der Waals surface area (Å²) in [5, 5.41) is 13.3. The number of carbonyl (C=O) groups excluding carboxylic acids is 1. The van der Waals surface area contributed by atoms with E-state index >= 15 is 0 Å². The summed E-state index contributed by atoms with van der Waals surface area (Å²) in [6.07, 6.45) is 3.38. The third kappa shape index (κ3) is 2.50. The Morgan fingerprint density at radius 3 is 3.08 bits per heavy atom. The first kappa shape index (κ1) is 15.0. The van der Waals surface area contributed by atoms with E-state index in [0.29, 0.717) is 5.56 Å². The van der Waals surface area contributed by atoms with Crippen molar-refractivity contribution in [1.29, 1.82) is 0 Å². The minimum absolute atomic E-state index is 0.0635. The first-order valence-electron chi connectivity index (χ1n) is 7.98. The predicted octanol–water partition coefficient (Wildman–Crippen LogP) is 2.87. The fourth-order valence-corrected chi connectivity index (χ4v) is 4.23. The standard InChI is InChI=1S/C17H17N5OS/c1-2-15-14-7-9-24-16(14)6-8-21(15)17(23)12-4-3-5-13(10-12)22-11-18-19-20-22/h3-5,7,9-11,15H,2,6,8H2,1H3. The second-order valence-corrected chi connectivity index (χ2v) is 6.78. The Labute approximate surface area is 143 Å². The van der Waals surface area contributed by atoms with E-state index in [2.05, 4.69) is 33.9 Å². The maximum Gasteiger partial charge on any atom is 0.254 e. The van der Waals surface area contributed by atoms with Crippen molar-refractivity contribution in [1.82, 2.24) is 25.1 Å². The van der Waals surface area contributed by atoms with Gasteiger partial charge < -0.3 is 4.90 Å². The molecule has 3 aromatic rings. The second-order valence-electron chi connectivity index (χ2n) is 5.78. The molecule has 4 rings (SSSR count). The van der Waals surface area contributed by atoms with Crippen molar-refractivity contribution in [2.75, 3.05) is 6.54 Å². The lowest BCUT2D eigenvalue weighted by Gasteiger charge is -2.35. The van der Waals surface area contributed by atoms with Crippen LogP contribution in [0.25, 0.3) is 5.69 Å². The molecule has 7 heteroatoms. The maximum atomic E-state index is 13.1. The molecule has 0 saturated carbocycles. The molecule has 0 bridgehead atoms. The Kier molecular flexibility index (Phi) is 3.86. The molecule has 122 valence electrons. The van der Waals surface area contributed by atoms with E-state index < -0.39 is 0 Å². The van der Waals surface area contributed by atoms with Gasteiger partial charge in [0.05, 0.1) is 11.7 Å². The van der Waals surface area contributed by atoms with Crippen molar-refractivity contribution in [3.8, 4) is 5.69 Å². The van der Waals surface area contributed by atoms with Gasteiger partial charge in [-0.15, -0.1) is 16.4 Å². The number of fused-ring (bicyclic) bond motifs is 1. The average molecular weight is 339 g/mol. The van der Waals surface area contributed by atoms with E-state index in [1.165, 1.54) is 16.8 Å². The van der Waals surface area contributed by atoms with Crippen LogP contribution < -0.4 is 0 Å². The van der Waals surface area contributed by atoms with Crippen molar-refractivity contribution in [3.05, 3.63) is 58.0 Å². The van der Waals surface area contributed by atoms with Crippen LogP contribution in [0.5, 0.6) is 0 Å². The van der Waals surface area contributed by atoms with Crippen molar-refractivity contribution >= 4 is 17.2 Å². The van der Waals surface area contributed by atoms with E-state index in [0.717, 1.165) is 25.1 Å². The number of thiophene rings is 1. The number of nitrogens with zero attached hydrogens (tertiary/aromatic N) is 5. The molecule has 1 unspecified atom stereocenters. The maximum absolute atomic E-state index is 13.1. The monoisotopic (exact) mass is 339 g/mol. The molecule has 0 radical (unpaired) electrons. The number of carbonyl (C=O) groups is 1. The molecule has 24 heavy (non-hydrogen) atoms. The Balaban J connectivity index is 1.65. The predicted molar refractivity (Wildman–Crippen MR) is 91.2 cm³/mol. The van der Waals surface area contributed by atoms with Gasteiger partial charge in [-0.3, -0.25) is 4.79 Å². The van der Waals surface area contributed by atoms with Gasteiger partial charge in [0.1, 0.15) is 6.33 Å². The number of benzene rings is 1. The number of rotatable bonds is 3. The van der Waals surface area contributed by atoms with E-state index in [1.54, 1.807) is 16.0 Å². The summed E-state index contributed by atoms with van der Waals surface area (Å²) in [5.74, 6) is 0.0635. The first-order valence-corrected chi connectivity index (χ1v) is 8.86. The summed E-state index contributed by atoms with van der Waals surface area (Å²) < 4.78 is 1.56. The quantitative estimate of drug-likeness (QED) is 0.736. The lowest BCUT2D eigenvalue weighted by molar-refractivity contribution is 0.0657. The van der Waals surface area contributed by atoms with Crippen LogP contribution in [0.2, 0.25) is 0 Å². The van der Waals surface area contributed by atoms with Gasteiger partial charge in [-0.2, -0.15) is 0 Å². The van der Waals surface area contributed by atoms with Gasteiger partial charge in [0.15, 0.2) is 0 Å². The summed E-state index contributed by atoms with van der Waals surface area (Å²) in [4.78, 5) is 16.5. The Hall–Kier alpha value is -2.54. The van der Waals surface area contributed by atoms with Crippen LogP contribution in [0.4, 0.5) is 0 Å². The highest BCUT2D eigenvalue weighted by Gasteiger charge is 2.30. The molecule has 3 heterocycles. The van der Waals surface area contributed by atoms with Gasteiger partial charge in [-0.25, -0.2) is 4.68 Å². The van der Waals surface area contributed by atoms with E-state index in [4.69, 9.17) is 0 Å². The number of aromatic nitrogens is 4. The van der Waals surface area contributed by atoms with Gasteiger partial charge in [0, 0.05) is 17.0 Å². The minimum Gasteiger partial charge on any atom is -0.331 e. The molecule has 0 aliphatic carbocycles. The van der Waals surface area contributed by atoms with Gasteiger partial charge in [0.2, 0.25) is 0 Å². The molecule has 1 amide bonds. The van der Waals surface area contributed by atoms with Crippen LogP contribution in [0.1, 0.15) is 40.2 Å². The molecule has 1 aliphatic rings.